The monoisotopic (exact) mass is 460 g/mol. The Morgan fingerprint density at radius 2 is 1.85 bits per heavy atom. The molecule has 0 heterocycles. The van der Waals surface area contributed by atoms with Crippen molar-refractivity contribution in [1.82, 2.24) is 0 Å². The van der Waals surface area contributed by atoms with Gasteiger partial charge in [0.1, 0.15) is 0 Å². The molecular formula is C29H48O4. The Bertz CT molecular complexity index is 799. The van der Waals surface area contributed by atoms with Crippen LogP contribution in [0.5, 0.6) is 0 Å². The van der Waals surface area contributed by atoms with Crippen molar-refractivity contribution >= 4 is 0 Å². The maximum Gasteiger partial charge on any atom is 0.0639 e. The quantitative estimate of drug-likeness (QED) is 0.442. The Balaban J connectivity index is 1.63. The first kappa shape index (κ1) is 25.4. The van der Waals surface area contributed by atoms with E-state index in [1.165, 1.54) is 12.0 Å². The van der Waals surface area contributed by atoms with Gasteiger partial charge in [-0.25, -0.2) is 0 Å². The normalized spacial score (nSPS) is 47.9. The van der Waals surface area contributed by atoms with Crippen LogP contribution in [-0.2, 0) is 0 Å². The van der Waals surface area contributed by atoms with Gasteiger partial charge in [0, 0.05) is 12.3 Å². The Morgan fingerprint density at radius 1 is 1.15 bits per heavy atom. The first-order chi connectivity index (χ1) is 15.4. The van der Waals surface area contributed by atoms with E-state index in [0.29, 0.717) is 18.3 Å². The maximum absolute atomic E-state index is 11.7. The van der Waals surface area contributed by atoms with E-state index in [1.807, 2.05) is 6.92 Å². The van der Waals surface area contributed by atoms with Crippen LogP contribution >= 0.6 is 0 Å². The third-order valence-corrected chi connectivity index (χ3v) is 11.3. The third-order valence-electron chi connectivity index (χ3n) is 11.3. The summed E-state index contributed by atoms with van der Waals surface area (Å²) in [7, 11) is 0. The van der Waals surface area contributed by atoms with E-state index in [9.17, 15) is 20.4 Å². The van der Waals surface area contributed by atoms with Crippen molar-refractivity contribution in [3.63, 3.8) is 0 Å². The minimum Gasteiger partial charge on any atom is -0.393 e. The van der Waals surface area contributed by atoms with Crippen molar-refractivity contribution < 1.29 is 20.4 Å². The largest absolute Gasteiger partial charge is 0.393 e. The van der Waals surface area contributed by atoms with Crippen molar-refractivity contribution in [3.05, 3.63) is 23.3 Å². The highest BCUT2D eigenvalue weighted by Crippen LogP contribution is 2.71. The lowest BCUT2D eigenvalue weighted by molar-refractivity contribution is -0.161. The first-order valence-electron chi connectivity index (χ1n) is 13.4. The van der Waals surface area contributed by atoms with Crippen LogP contribution in [0.25, 0.3) is 0 Å². The van der Waals surface area contributed by atoms with E-state index in [2.05, 4.69) is 46.8 Å². The summed E-state index contributed by atoms with van der Waals surface area (Å²) in [4.78, 5) is 0. The van der Waals surface area contributed by atoms with Crippen molar-refractivity contribution in [1.29, 1.82) is 0 Å². The van der Waals surface area contributed by atoms with Gasteiger partial charge >= 0.3 is 0 Å². The molecule has 0 aromatic heterocycles. The molecule has 0 aromatic carbocycles. The standard InChI is InChI=1S/C29H48O4/c1-17(16-30)8-7-9-18(2)19-12-13-28(5)21-11-10-20-25(22(31)14-24(33)27(20,3)4)26(21)23(32)15-29(19,28)6/h8,11,18-20,22-26,30-33H,7,9-10,12-16H2,1-6H3. The molecule has 10 atom stereocenters. The van der Waals surface area contributed by atoms with Crippen LogP contribution in [0.1, 0.15) is 86.5 Å². The number of hydrogen-bond donors (Lipinski definition) is 4. The van der Waals surface area contributed by atoms with Crippen LogP contribution in [-0.4, -0.2) is 45.3 Å². The lowest BCUT2D eigenvalue weighted by atomic mass is 9.44. The van der Waals surface area contributed by atoms with Crippen LogP contribution < -0.4 is 0 Å². The fourth-order valence-corrected chi connectivity index (χ4v) is 8.95. The second-order valence-corrected chi connectivity index (χ2v) is 13.2. The summed E-state index contributed by atoms with van der Waals surface area (Å²) < 4.78 is 0. The van der Waals surface area contributed by atoms with Gasteiger partial charge in [-0.3, -0.25) is 0 Å². The van der Waals surface area contributed by atoms with Gasteiger partial charge in [0.2, 0.25) is 0 Å². The van der Waals surface area contributed by atoms with Gasteiger partial charge < -0.3 is 20.4 Å². The van der Waals surface area contributed by atoms with Crippen molar-refractivity contribution in [2.24, 2.45) is 45.8 Å². The summed E-state index contributed by atoms with van der Waals surface area (Å²) in [5, 5.41) is 42.8. The number of fused-ring (bicyclic) bond motifs is 5. The average Bonchev–Trinajstić information content (AvgIpc) is 3.03. The van der Waals surface area contributed by atoms with Gasteiger partial charge in [0.05, 0.1) is 24.9 Å². The molecule has 0 aromatic rings. The van der Waals surface area contributed by atoms with Gasteiger partial charge in [-0.15, -0.1) is 0 Å². The summed E-state index contributed by atoms with van der Waals surface area (Å²) in [6, 6.07) is 0. The number of hydrogen-bond acceptors (Lipinski definition) is 4. The molecule has 0 spiro atoms. The predicted octanol–water partition coefficient (Wildman–Crippen LogP) is 4.86. The Hall–Kier alpha value is -0.680. The van der Waals surface area contributed by atoms with Crippen molar-refractivity contribution in [2.75, 3.05) is 6.61 Å². The highest BCUT2D eigenvalue weighted by molar-refractivity contribution is 5.33. The SMILES string of the molecule is CC(=CCCC(C)C1CCC2(C)C3=CCC4C(C(O)CC(O)C4(C)C)C3C(O)CC12C)CO. The molecule has 188 valence electrons. The summed E-state index contributed by atoms with van der Waals surface area (Å²) in [6.07, 6.45) is 9.66. The van der Waals surface area contributed by atoms with E-state index >= 15 is 0 Å². The summed E-state index contributed by atoms with van der Waals surface area (Å²) in [6.45, 7) is 13.6. The molecule has 0 amide bonds. The fraction of sp³-hybridized carbons (Fsp3) is 0.862. The van der Waals surface area contributed by atoms with Gasteiger partial charge in [0.15, 0.2) is 0 Å². The number of rotatable bonds is 5. The second kappa shape index (κ2) is 8.76. The molecule has 0 radical (unpaired) electrons. The molecular weight excluding hydrogens is 412 g/mol. The predicted molar refractivity (Wildman–Crippen MR) is 132 cm³/mol. The van der Waals surface area contributed by atoms with Crippen LogP contribution in [0.3, 0.4) is 0 Å². The van der Waals surface area contributed by atoms with E-state index in [-0.39, 0.29) is 40.6 Å². The van der Waals surface area contributed by atoms with E-state index in [0.717, 1.165) is 37.7 Å². The third kappa shape index (κ3) is 3.79. The summed E-state index contributed by atoms with van der Waals surface area (Å²) in [5.41, 5.74) is 2.30. The van der Waals surface area contributed by atoms with Gasteiger partial charge in [-0.2, -0.15) is 0 Å². The zero-order valence-corrected chi connectivity index (χ0v) is 21.7. The molecule has 4 N–H and O–H groups in total. The fourth-order valence-electron chi connectivity index (χ4n) is 8.95. The van der Waals surface area contributed by atoms with Crippen molar-refractivity contribution in [2.45, 2.75) is 105 Å². The first-order valence-corrected chi connectivity index (χ1v) is 13.4. The van der Waals surface area contributed by atoms with Crippen molar-refractivity contribution in [3.8, 4) is 0 Å². The topological polar surface area (TPSA) is 80.9 Å². The molecule has 4 nitrogen and oxygen atoms in total. The molecule has 0 bridgehead atoms. The van der Waals surface area contributed by atoms with E-state index in [1.54, 1.807) is 0 Å². The number of allylic oxidation sites excluding steroid dienone is 2. The van der Waals surface area contributed by atoms with E-state index < -0.39 is 18.3 Å². The Kier molecular flexibility index (Phi) is 6.75. The lowest BCUT2D eigenvalue weighted by Crippen LogP contribution is -2.61. The molecule has 4 aliphatic carbocycles. The smallest absolute Gasteiger partial charge is 0.0639 e. The lowest BCUT2D eigenvalue weighted by Gasteiger charge is -2.62. The van der Waals surface area contributed by atoms with Crippen LogP contribution in [0.4, 0.5) is 0 Å². The van der Waals surface area contributed by atoms with Gasteiger partial charge in [-0.1, -0.05) is 57.9 Å². The Morgan fingerprint density at radius 3 is 2.52 bits per heavy atom. The van der Waals surface area contributed by atoms with E-state index in [4.69, 9.17) is 0 Å². The molecule has 4 heteroatoms. The second-order valence-electron chi connectivity index (χ2n) is 13.2. The average molecular weight is 461 g/mol. The summed E-state index contributed by atoms with van der Waals surface area (Å²) >= 11 is 0. The molecule has 4 rings (SSSR count). The summed E-state index contributed by atoms with van der Waals surface area (Å²) in [5.74, 6) is 1.37. The minimum atomic E-state index is -0.549. The molecule has 4 aliphatic rings. The highest BCUT2D eigenvalue weighted by atomic mass is 16.3. The molecule has 0 saturated heterocycles. The number of aliphatic hydroxyl groups excluding tert-OH is 4. The Labute approximate surface area is 201 Å². The minimum absolute atomic E-state index is 0.00722. The zero-order chi connectivity index (χ0) is 24.3. The molecule has 33 heavy (non-hydrogen) atoms. The van der Waals surface area contributed by atoms with Crippen LogP contribution in [0.2, 0.25) is 0 Å². The molecule has 3 saturated carbocycles. The maximum atomic E-state index is 11.7. The molecule has 10 unspecified atom stereocenters. The molecule has 3 fully saturated rings. The van der Waals surface area contributed by atoms with Crippen LogP contribution in [0, 0.1) is 45.8 Å². The zero-order valence-electron chi connectivity index (χ0n) is 21.7. The highest BCUT2D eigenvalue weighted by Gasteiger charge is 2.65. The number of aliphatic hydroxyl groups is 4. The van der Waals surface area contributed by atoms with Crippen LogP contribution in [0.15, 0.2) is 23.3 Å². The molecule has 0 aliphatic heterocycles. The van der Waals surface area contributed by atoms with Gasteiger partial charge in [0.25, 0.3) is 0 Å². The van der Waals surface area contributed by atoms with Gasteiger partial charge in [-0.05, 0) is 85.4 Å².